The highest BCUT2D eigenvalue weighted by atomic mass is 19.1. The van der Waals surface area contributed by atoms with Crippen molar-refractivity contribution >= 4 is 11.5 Å². The highest BCUT2D eigenvalue weighted by Gasteiger charge is 2.34. The minimum Gasteiger partial charge on any atom is -0.384 e. The lowest BCUT2D eigenvalue weighted by molar-refractivity contribution is 0.430. The molecule has 1 saturated heterocycles. The van der Waals surface area contributed by atoms with Crippen LogP contribution in [0.4, 0.5) is 10.1 Å². The lowest BCUT2D eigenvalue weighted by Crippen LogP contribution is -2.36. The van der Waals surface area contributed by atoms with Crippen LogP contribution in [-0.4, -0.2) is 18.4 Å². The van der Waals surface area contributed by atoms with Crippen molar-refractivity contribution in [2.45, 2.75) is 44.6 Å². The molecule has 4 heteroatoms. The number of halogens is 1. The van der Waals surface area contributed by atoms with E-state index in [9.17, 15) is 4.39 Å². The standard InChI is InChI=1S/C16H22FN3/c17-12-7-8-15(13(10-12)16(18)19)20-9-3-6-14(20)11-4-1-2-5-11/h7-8,10-11,14H,1-6,9H2,(H3,18,19). The summed E-state index contributed by atoms with van der Waals surface area (Å²) in [6.07, 6.45) is 7.65. The van der Waals surface area contributed by atoms with E-state index < -0.39 is 0 Å². The molecule has 1 aromatic carbocycles. The number of nitrogens with zero attached hydrogens (tertiary/aromatic N) is 1. The average Bonchev–Trinajstić information content (AvgIpc) is 3.09. The van der Waals surface area contributed by atoms with Crippen molar-refractivity contribution in [1.29, 1.82) is 5.41 Å². The summed E-state index contributed by atoms with van der Waals surface area (Å²) in [5.41, 5.74) is 7.12. The number of nitrogens with two attached hydrogens (primary N) is 1. The molecule has 2 aliphatic rings. The maximum absolute atomic E-state index is 13.4. The third-order valence-corrected chi connectivity index (χ3v) is 4.80. The first-order chi connectivity index (χ1) is 9.66. The lowest BCUT2D eigenvalue weighted by atomic mass is 9.95. The summed E-state index contributed by atoms with van der Waals surface area (Å²) in [5, 5.41) is 7.70. The van der Waals surface area contributed by atoms with Gasteiger partial charge in [0.1, 0.15) is 11.7 Å². The van der Waals surface area contributed by atoms with Gasteiger partial charge in [-0.25, -0.2) is 4.39 Å². The van der Waals surface area contributed by atoms with Crippen LogP contribution in [0.2, 0.25) is 0 Å². The van der Waals surface area contributed by atoms with Gasteiger partial charge >= 0.3 is 0 Å². The fourth-order valence-electron chi connectivity index (χ4n) is 3.90. The third-order valence-electron chi connectivity index (χ3n) is 4.80. The van der Waals surface area contributed by atoms with Gasteiger partial charge in [-0.2, -0.15) is 0 Å². The summed E-state index contributed by atoms with van der Waals surface area (Å²) in [6.45, 7) is 0.993. The van der Waals surface area contributed by atoms with Crippen molar-refractivity contribution in [1.82, 2.24) is 0 Å². The molecular formula is C16H22FN3. The molecule has 1 heterocycles. The third kappa shape index (κ3) is 2.39. The molecule has 1 saturated carbocycles. The van der Waals surface area contributed by atoms with Crippen LogP contribution in [0.5, 0.6) is 0 Å². The largest absolute Gasteiger partial charge is 0.384 e. The molecule has 3 nitrogen and oxygen atoms in total. The first-order valence-corrected chi connectivity index (χ1v) is 7.57. The Morgan fingerprint density at radius 1 is 1.20 bits per heavy atom. The minimum atomic E-state index is -0.324. The molecule has 3 rings (SSSR count). The van der Waals surface area contributed by atoms with E-state index in [1.54, 1.807) is 6.07 Å². The van der Waals surface area contributed by atoms with Crippen LogP contribution >= 0.6 is 0 Å². The Hall–Kier alpha value is -1.58. The summed E-state index contributed by atoms with van der Waals surface area (Å²) in [6, 6.07) is 5.20. The smallest absolute Gasteiger partial charge is 0.125 e. The van der Waals surface area contributed by atoms with Crippen LogP contribution in [0.1, 0.15) is 44.1 Å². The molecule has 0 spiro atoms. The number of hydrogen-bond acceptors (Lipinski definition) is 2. The van der Waals surface area contributed by atoms with Gasteiger partial charge in [-0.15, -0.1) is 0 Å². The Kier molecular flexibility index (Phi) is 3.64. The predicted octanol–water partition coefficient (Wildman–Crippen LogP) is 3.27. The Morgan fingerprint density at radius 2 is 1.95 bits per heavy atom. The van der Waals surface area contributed by atoms with Gasteiger partial charge in [-0.05, 0) is 49.8 Å². The van der Waals surface area contributed by atoms with Crippen molar-refractivity contribution in [3.63, 3.8) is 0 Å². The Labute approximate surface area is 119 Å². The second kappa shape index (κ2) is 5.43. The molecule has 1 aliphatic heterocycles. The van der Waals surface area contributed by atoms with Crippen molar-refractivity contribution in [3.8, 4) is 0 Å². The van der Waals surface area contributed by atoms with E-state index in [2.05, 4.69) is 4.90 Å². The predicted molar refractivity (Wildman–Crippen MR) is 79.7 cm³/mol. The van der Waals surface area contributed by atoms with Gasteiger partial charge in [0.05, 0.1) is 0 Å². The normalized spacial score (nSPS) is 23.4. The van der Waals surface area contributed by atoms with Gasteiger partial charge in [0, 0.05) is 23.8 Å². The number of rotatable bonds is 3. The topological polar surface area (TPSA) is 53.1 Å². The molecule has 108 valence electrons. The minimum absolute atomic E-state index is 0.0448. The number of anilines is 1. The number of benzene rings is 1. The van der Waals surface area contributed by atoms with E-state index in [0.717, 1.165) is 18.2 Å². The zero-order chi connectivity index (χ0) is 14.1. The summed E-state index contributed by atoms with van der Waals surface area (Å²) in [5.74, 6) is 0.384. The van der Waals surface area contributed by atoms with Gasteiger partial charge in [-0.1, -0.05) is 12.8 Å². The number of hydrogen-bond donors (Lipinski definition) is 2. The second-order valence-electron chi connectivity index (χ2n) is 6.02. The van der Waals surface area contributed by atoms with Crippen LogP contribution in [0, 0.1) is 17.1 Å². The Balaban J connectivity index is 1.92. The molecule has 2 fully saturated rings. The van der Waals surface area contributed by atoms with Crippen LogP contribution in [0.3, 0.4) is 0 Å². The summed E-state index contributed by atoms with van der Waals surface area (Å²) >= 11 is 0. The Bertz CT molecular complexity index is 508. The molecule has 0 amide bonds. The zero-order valence-corrected chi connectivity index (χ0v) is 11.7. The van der Waals surface area contributed by atoms with E-state index >= 15 is 0 Å². The van der Waals surface area contributed by atoms with E-state index in [1.807, 2.05) is 0 Å². The van der Waals surface area contributed by atoms with Crippen LogP contribution in [-0.2, 0) is 0 Å². The van der Waals surface area contributed by atoms with Crippen LogP contribution in [0.15, 0.2) is 18.2 Å². The van der Waals surface area contributed by atoms with Crippen LogP contribution < -0.4 is 10.6 Å². The molecule has 0 radical (unpaired) electrons. The van der Waals surface area contributed by atoms with Crippen molar-refractivity contribution in [2.24, 2.45) is 11.7 Å². The van der Waals surface area contributed by atoms with Gasteiger partial charge < -0.3 is 10.6 Å². The maximum Gasteiger partial charge on any atom is 0.125 e. The van der Waals surface area contributed by atoms with Gasteiger partial charge in [0.2, 0.25) is 0 Å². The number of nitrogens with one attached hydrogen (secondary N) is 1. The molecule has 3 N–H and O–H groups in total. The molecule has 0 bridgehead atoms. The summed E-state index contributed by atoms with van der Waals surface area (Å²) in [7, 11) is 0. The molecule has 20 heavy (non-hydrogen) atoms. The van der Waals surface area contributed by atoms with Crippen molar-refractivity contribution < 1.29 is 4.39 Å². The molecule has 1 unspecified atom stereocenters. The van der Waals surface area contributed by atoms with E-state index in [0.29, 0.717) is 11.6 Å². The first kappa shape index (κ1) is 13.4. The molecule has 1 aromatic rings. The van der Waals surface area contributed by atoms with Crippen molar-refractivity contribution in [2.75, 3.05) is 11.4 Å². The van der Waals surface area contributed by atoms with E-state index in [4.69, 9.17) is 11.1 Å². The van der Waals surface area contributed by atoms with Gasteiger partial charge in [0.25, 0.3) is 0 Å². The fraction of sp³-hybridized carbons (Fsp3) is 0.562. The van der Waals surface area contributed by atoms with Gasteiger partial charge in [0.15, 0.2) is 0 Å². The van der Waals surface area contributed by atoms with E-state index in [-0.39, 0.29) is 11.7 Å². The molecule has 0 aromatic heterocycles. The second-order valence-corrected chi connectivity index (χ2v) is 6.02. The monoisotopic (exact) mass is 275 g/mol. The summed E-state index contributed by atoms with van der Waals surface area (Å²) < 4.78 is 13.4. The summed E-state index contributed by atoms with van der Waals surface area (Å²) in [4.78, 5) is 2.37. The molecule has 1 aliphatic carbocycles. The fourth-order valence-corrected chi connectivity index (χ4v) is 3.90. The average molecular weight is 275 g/mol. The number of amidine groups is 1. The first-order valence-electron chi connectivity index (χ1n) is 7.57. The maximum atomic E-state index is 13.4. The Morgan fingerprint density at radius 3 is 2.65 bits per heavy atom. The zero-order valence-electron chi connectivity index (χ0n) is 11.7. The molecular weight excluding hydrogens is 253 g/mol. The van der Waals surface area contributed by atoms with Crippen LogP contribution in [0.25, 0.3) is 0 Å². The van der Waals surface area contributed by atoms with Crippen molar-refractivity contribution in [3.05, 3.63) is 29.6 Å². The highest BCUT2D eigenvalue weighted by Crippen LogP contribution is 2.38. The number of nitrogen functional groups attached to an aromatic ring is 1. The SMILES string of the molecule is N=C(N)c1cc(F)ccc1N1CCCC1C1CCCC1. The lowest BCUT2D eigenvalue weighted by Gasteiger charge is -2.32. The quantitative estimate of drug-likeness (QED) is 0.657. The van der Waals surface area contributed by atoms with E-state index in [1.165, 1.54) is 50.7 Å². The molecule has 1 atom stereocenters. The van der Waals surface area contributed by atoms with Gasteiger partial charge in [-0.3, -0.25) is 5.41 Å². The highest BCUT2D eigenvalue weighted by molar-refractivity contribution is 6.00.